The van der Waals surface area contributed by atoms with Crippen LogP contribution in [0.15, 0.2) is 29.8 Å². The summed E-state index contributed by atoms with van der Waals surface area (Å²) in [5.74, 6) is -0.309. The molecule has 0 spiro atoms. The molecule has 1 aliphatic heterocycles. The maximum atomic E-state index is 12.3. The van der Waals surface area contributed by atoms with E-state index in [0.29, 0.717) is 12.1 Å². The number of fused-ring (bicyclic) bond motifs is 1. The van der Waals surface area contributed by atoms with Gasteiger partial charge in [0.2, 0.25) is 0 Å². The normalized spacial score (nSPS) is 12.9. The second-order valence-electron chi connectivity index (χ2n) is 4.52. The topological polar surface area (TPSA) is 66.8 Å². The van der Waals surface area contributed by atoms with Gasteiger partial charge in [0.05, 0.1) is 12.0 Å². The van der Waals surface area contributed by atoms with Crippen LogP contribution in [0.3, 0.4) is 0 Å². The van der Waals surface area contributed by atoms with Gasteiger partial charge in [-0.2, -0.15) is 0 Å². The first-order valence-corrected chi connectivity index (χ1v) is 6.55. The second kappa shape index (κ2) is 6.23. The first-order valence-electron chi connectivity index (χ1n) is 6.55. The number of rotatable bonds is 5. The minimum absolute atomic E-state index is 0.0513. The van der Waals surface area contributed by atoms with E-state index in [9.17, 15) is 9.59 Å². The van der Waals surface area contributed by atoms with Crippen LogP contribution in [0.5, 0.6) is 5.75 Å². The first-order chi connectivity index (χ1) is 9.61. The number of hydrogen-bond acceptors (Lipinski definition) is 3. The molecule has 1 aromatic rings. The SMILES string of the molecule is CCN(CCC(=O)O)C(=O)C1=Cc2ccccc2OC1. The zero-order chi connectivity index (χ0) is 14.5. The molecule has 106 valence electrons. The molecule has 0 aliphatic carbocycles. The number of carboxylic acid groups (broad SMARTS) is 1. The van der Waals surface area contributed by atoms with E-state index in [1.54, 1.807) is 0 Å². The number of aliphatic carboxylic acids is 1. The summed E-state index contributed by atoms with van der Waals surface area (Å²) in [4.78, 5) is 24.5. The van der Waals surface area contributed by atoms with Crippen LogP contribution in [0.25, 0.3) is 6.08 Å². The summed E-state index contributed by atoms with van der Waals surface area (Å²) >= 11 is 0. The third-order valence-corrected chi connectivity index (χ3v) is 3.17. The maximum Gasteiger partial charge on any atom is 0.305 e. The van der Waals surface area contributed by atoms with Crippen molar-refractivity contribution >= 4 is 18.0 Å². The van der Waals surface area contributed by atoms with E-state index in [1.165, 1.54) is 4.90 Å². The number of carboxylic acids is 1. The van der Waals surface area contributed by atoms with Crippen LogP contribution >= 0.6 is 0 Å². The average molecular weight is 275 g/mol. The molecule has 0 radical (unpaired) electrons. The van der Waals surface area contributed by atoms with Gasteiger partial charge in [-0.25, -0.2) is 0 Å². The molecule has 1 aliphatic rings. The summed E-state index contributed by atoms with van der Waals surface area (Å²) in [5, 5.41) is 8.70. The number of nitrogens with zero attached hydrogens (tertiary/aromatic N) is 1. The number of carbonyl (C=O) groups is 2. The van der Waals surface area contributed by atoms with Crippen LogP contribution in [0, 0.1) is 0 Å². The van der Waals surface area contributed by atoms with E-state index >= 15 is 0 Å². The Morgan fingerprint density at radius 1 is 1.35 bits per heavy atom. The summed E-state index contributed by atoms with van der Waals surface area (Å²) in [6, 6.07) is 7.50. The number of likely N-dealkylation sites (N-methyl/N-ethyl adjacent to an activating group) is 1. The molecule has 0 saturated heterocycles. The van der Waals surface area contributed by atoms with Crippen molar-refractivity contribution in [1.29, 1.82) is 0 Å². The van der Waals surface area contributed by atoms with Crippen molar-refractivity contribution in [2.24, 2.45) is 0 Å². The lowest BCUT2D eigenvalue weighted by Gasteiger charge is -2.24. The zero-order valence-corrected chi connectivity index (χ0v) is 11.3. The summed E-state index contributed by atoms with van der Waals surface area (Å²) < 4.78 is 5.55. The number of hydrogen-bond donors (Lipinski definition) is 1. The highest BCUT2D eigenvalue weighted by molar-refractivity contribution is 5.99. The molecule has 5 heteroatoms. The first kappa shape index (κ1) is 14.1. The predicted molar refractivity (Wildman–Crippen MR) is 74.4 cm³/mol. The zero-order valence-electron chi connectivity index (χ0n) is 11.3. The van der Waals surface area contributed by atoms with Gasteiger partial charge in [0.25, 0.3) is 5.91 Å². The van der Waals surface area contributed by atoms with Crippen molar-refractivity contribution in [3.63, 3.8) is 0 Å². The van der Waals surface area contributed by atoms with Crippen LogP contribution in [0.1, 0.15) is 18.9 Å². The molecule has 5 nitrogen and oxygen atoms in total. The fourth-order valence-corrected chi connectivity index (χ4v) is 2.08. The third-order valence-electron chi connectivity index (χ3n) is 3.17. The largest absolute Gasteiger partial charge is 0.488 e. The fraction of sp³-hybridized carbons (Fsp3) is 0.333. The molecule has 0 unspecified atom stereocenters. The highest BCUT2D eigenvalue weighted by Gasteiger charge is 2.21. The molecule has 0 bridgehead atoms. The van der Waals surface area contributed by atoms with Gasteiger partial charge in [-0.1, -0.05) is 18.2 Å². The molecule has 0 aromatic heterocycles. The van der Waals surface area contributed by atoms with E-state index in [1.807, 2.05) is 37.3 Å². The molecule has 2 rings (SSSR count). The quantitative estimate of drug-likeness (QED) is 0.889. The minimum atomic E-state index is -0.907. The Hall–Kier alpha value is -2.30. The Labute approximate surface area is 117 Å². The lowest BCUT2D eigenvalue weighted by molar-refractivity contribution is -0.138. The summed E-state index contributed by atoms with van der Waals surface area (Å²) in [5.41, 5.74) is 1.42. The van der Waals surface area contributed by atoms with Crippen molar-refractivity contribution in [3.05, 3.63) is 35.4 Å². The highest BCUT2D eigenvalue weighted by atomic mass is 16.5. The van der Waals surface area contributed by atoms with Crippen molar-refractivity contribution in [1.82, 2.24) is 4.90 Å². The molecule has 0 atom stereocenters. The van der Waals surface area contributed by atoms with Gasteiger partial charge in [0, 0.05) is 18.7 Å². The fourth-order valence-electron chi connectivity index (χ4n) is 2.08. The molecule has 20 heavy (non-hydrogen) atoms. The van der Waals surface area contributed by atoms with Crippen LogP contribution in [0.4, 0.5) is 0 Å². The van der Waals surface area contributed by atoms with Crippen molar-refractivity contribution in [2.75, 3.05) is 19.7 Å². The Morgan fingerprint density at radius 2 is 2.10 bits per heavy atom. The predicted octanol–water partition coefficient (Wildman–Crippen LogP) is 1.79. The lowest BCUT2D eigenvalue weighted by Crippen LogP contribution is -2.35. The van der Waals surface area contributed by atoms with Crippen molar-refractivity contribution in [2.45, 2.75) is 13.3 Å². The number of ether oxygens (including phenoxy) is 1. The summed E-state index contributed by atoms with van der Waals surface area (Å²) in [6.45, 7) is 2.74. The van der Waals surface area contributed by atoms with Crippen LogP contribution in [-0.4, -0.2) is 41.6 Å². The third kappa shape index (κ3) is 3.17. The van der Waals surface area contributed by atoms with Crippen LogP contribution in [-0.2, 0) is 9.59 Å². The number of carbonyl (C=O) groups excluding carboxylic acids is 1. The summed E-state index contributed by atoms with van der Waals surface area (Å²) in [7, 11) is 0. The minimum Gasteiger partial charge on any atom is -0.488 e. The molecule has 1 amide bonds. The van der Waals surface area contributed by atoms with E-state index in [-0.39, 0.29) is 25.5 Å². The highest BCUT2D eigenvalue weighted by Crippen LogP contribution is 2.26. The van der Waals surface area contributed by atoms with E-state index in [2.05, 4.69) is 0 Å². The monoisotopic (exact) mass is 275 g/mol. The summed E-state index contributed by atoms with van der Waals surface area (Å²) in [6.07, 6.45) is 1.76. The van der Waals surface area contributed by atoms with Gasteiger partial charge in [-0.15, -0.1) is 0 Å². The van der Waals surface area contributed by atoms with E-state index in [0.717, 1.165) is 11.3 Å². The van der Waals surface area contributed by atoms with Crippen LogP contribution < -0.4 is 4.74 Å². The Morgan fingerprint density at radius 3 is 2.80 bits per heavy atom. The lowest BCUT2D eigenvalue weighted by atomic mass is 10.1. The van der Waals surface area contributed by atoms with Gasteiger partial charge in [0.15, 0.2) is 0 Å². The average Bonchev–Trinajstić information content (AvgIpc) is 2.47. The molecule has 0 fully saturated rings. The van der Waals surface area contributed by atoms with Gasteiger partial charge in [0.1, 0.15) is 12.4 Å². The van der Waals surface area contributed by atoms with Gasteiger partial charge < -0.3 is 14.7 Å². The number of para-hydroxylation sites is 1. The standard InChI is InChI=1S/C15H17NO4/c1-2-16(8-7-14(17)18)15(19)12-9-11-5-3-4-6-13(11)20-10-12/h3-6,9H,2,7-8,10H2,1H3,(H,17,18). The van der Waals surface area contributed by atoms with Gasteiger partial charge >= 0.3 is 5.97 Å². The molecule has 1 aromatic carbocycles. The second-order valence-corrected chi connectivity index (χ2v) is 4.52. The van der Waals surface area contributed by atoms with E-state index in [4.69, 9.17) is 9.84 Å². The van der Waals surface area contributed by atoms with Crippen molar-refractivity contribution < 1.29 is 19.4 Å². The smallest absolute Gasteiger partial charge is 0.305 e. The van der Waals surface area contributed by atoms with E-state index < -0.39 is 5.97 Å². The van der Waals surface area contributed by atoms with Crippen LogP contribution in [0.2, 0.25) is 0 Å². The Balaban J connectivity index is 2.13. The molecule has 1 heterocycles. The number of amides is 1. The molecule has 0 saturated carbocycles. The molecular weight excluding hydrogens is 258 g/mol. The molecular formula is C15H17NO4. The van der Waals surface area contributed by atoms with Crippen molar-refractivity contribution in [3.8, 4) is 5.75 Å². The Kier molecular flexibility index (Phi) is 4.40. The Bertz CT molecular complexity index is 551. The molecule has 1 N–H and O–H groups in total. The van der Waals surface area contributed by atoms with Gasteiger partial charge in [-0.05, 0) is 19.1 Å². The maximum absolute atomic E-state index is 12.3. The number of benzene rings is 1. The van der Waals surface area contributed by atoms with Gasteiger partial charge in [-0.3, -0.25) is 9.59 Å².